The normalized spacial score (nSPS) is 16.9. The van der Waals surface area contributed by atoms with Crippen LogP contribution in [0.15, 0.2) is 24.3 Å². The van der Waals surface area contributed by atoms with Gasteiger partial charge in [0.25, 0.3) is 0 Å². The molecule has 0 aromatic heterocycles. The average molecular weight is 362 g/mol. The van der Waals surface area contributed by atoms with Crippen LogP contribution in [0.3, 0.4) is 0 Å². The fraction of sp³-hybridized carbons (Fsp3) is 0.600. The summed E-state index contributed by atoms with van der Waals surface area (Å²) in [5.41, 5.74) is 1.52. The molecule has 1 heterocycles. The highest BCUT2D eigenvalue weighted by Gasteiger charge is 2.33. The number of nitrogens with zero attached hydrogens (tertiary/aromatic N) is 2. The Morgan fingerprint density at radius 2 is 1.81 bits per heavy atom. The number of hydrogen-bond acceptors (Lipinski definition) is 5. The maximum absolute atomic E-state index is 12.6. The van der Waals surface area contributed by atoms with Crippen LogP contribution in [0, 0.1) is 6.92 Å². The van der Waals surface area contributed by atoms with Gasteiger partial charge in [-0.2, -0.15) is 0 Å². The molecular weight excluding hydrogens is 332 g/mol. The summed E-state index contributed by atoms with van der Waals surface area (Å²) in [5, 5.41) is 0. The van der Waals surface area contributed by atoms with E-state index in [1.54, 1.807) is 4.90 Å². The monoisotopic (exact) mass is 362 g/mol. The van der Waals surface area contributed by atoms with Crippen LogP contribution in [0.5, 0.6) is 0 Å². The zero-order valence-electron chi connectivity index (χ0n) is 16.4. The van der Waals surface area contributed by atoms with E-state index in [0.717, 1.165) is 11.1 Å². The molecule has 1 aliphatic heterocycles. The molecule has 6 nitrogen and oxygen atoms in total. The highest BCUT2D eigenvalue weighted by Crippen LogP contribution is 2.25. The van der Waals surface area contributed by atoms with Gasteiger partial charge >= 0.3 is 12.1 Å². The molecule has 1 unspecified atom stereocenters. The first kappa shape index (κ1) is 20.2. The smallest absolute Gasteiger partial charge is 0.410 e. The zero-order valence-corrected chi connectivity index (χ0v) is 16.4. The Morgan fingerprint density at radius 1 is 1.15 bits per heavy atom. The third-order valence-electron chi connectivity index (χ3n) is 4.20. The second-order valence-corrected chi connectivity index (χ2v) is 7.57. The Bertz CT molecular complexity index is 631. The van der Waals surface area contributed by atoms with Crippen molar-refractivity contribution in [2.75, 3.05) is 32.8 Å². The van der Waals surface area contributed by atoms with Crippen molar-refractivity contribution in [3.8, 4) is 0 Å². The van der Waals surface area contributed by atoms with Gasteiger partial charge < -0.3 is 14.4 Å². The minimum Gasteiger partial charge on any atom is -0.465 e. The summed E-state index contributed by atoms with van der Waals surface area (Å²) in [6.07, 6.45) is -0.305. The van der Waals surface area contributed by atoms with E-state index in [9.17, 15) is 9.59 Å². The molecule has 0 spiro atoms. The van der Waals surface area contributed by atoms with Gasteiger partial charge in [-0.25, -0.2) is 9.59 Å². The second-order valence-electron chi connectivity index (χ2n) is 7.57. The van der Waals surface area contributed by atoms with E-state index < -0.39 is 11.6 Å². The summed E-state index contributed by atoms with van der Waals surface area (Å²) < 4.78 is 10.7. The lowest BCUT2D eigenvalue weighted by Gasteiger charge is -2.38. The Hall–Kier alpha value is -2.08. The van der Waals surface area contributed by atoms with E-state index in [0.29, 0.717) is 32.8 Å². The van der Waals surface area contributed by atoms with Crippen LogP contribution in [0.2, 0.25) is 0 Å². The van der Waals surface area contributed by atoms with E-state index in [2.05, 4.69) is 4.90 Å². The van der Waals surface area contributed by atoms with E-state index in [1.807, 2.05) is 58.9 Å². The number of benzene rings is 1. The number of piperazine rings is 1. The molecule has 1 aromatic carbocycles. The lowest BCUT2D eigenvalue weighted by Crippen LogP contribution is -2.52. The fourth-order valence-electron chi connectivity index (χ4n) is 3.05. The van der Waals surface area contributed by atoms with Gasteiger partial charge in [-0.3, -0.25) is 4.90 Å². The molecule has 0 aliphatic carbocycles. The maximum atomic E-state index is 12.6. The van der Waals surface area contributed by atoms with Crippen molar-refractivity contribution < 1.29 is 19.1 Å². The van der Waals surface area contributed by atoms with Crippen molar-refractivity contribution in [3.05, 3.63) is 35.4 Å². The third-order valence-corrected chi connectivity index (χ3v) is 4.20. The first-order valence-corrected chi connectivity index (χ1v) is 9.16. The minimum absolute atomic E-state index is 0.246. The Kier molecular flexibility index (Phi) is 6.64. The molecule has 2 rings (SSSR count). The molecule has 1 aromatic rings. The Labute approximate surface area is 156 Å². The largest absolute Gasteiger partial charge is 0.465 e. The highest BCUT2D eigenvalue weighted by atomic mass is 16.6. The van der Waals surface area contributed by atoms with Gasteiger partial charge in [0, 0.05) is 26.2 Å². The molecule has 0 N–H and O–H groups in total. The number of hydrogen-bond donors (Lipinski definition) is 0. The van der Waals surface area contributed by atoms with Gasteiger partial charge in [0.15, 0.2) is 0 Å². The van der Waals surface area contributed by atoms with Crippen LogP contribution >= 0.6 is 0 Å². The molecular formula is C20H30N2O4. The molecule has 1 fully saturated rings. The Morgan fingerprint density at radius 3 is 2.35 bits per heavy atom. The van der Waals surface area contributed by atoms with Crippen LogP contribution in [0.25, 0.3) is 0 Å². The molecule has 144 valence electrons. The predicted octanol–water partition coefficient (Wildman–Crippen LogP) is 3.15. The molecule has 1 aliphatic rings. The summed E-state index contributed by atoms with van der Waals surface area (Å²) >= 11 is 0. The van der Waals surface area contributed by atoms with Crippen molar-refractivity contribution in [2.24, 2.45) is 0 Å². The molecule has 0 saturated carbocycles. The first-order valence-electron chi connectivity index (χ1n) is 9.16. The van der Waals surface area contributed by atoms with E-state index >= 15 is 0 Å². The van der Waals surface area contributed by atoms with Crippen molar-refractivity contribution in [2.45, 2.75) is 46.3 Å². The molecule has 1 atom stereocenters. The summed E-state index contributed by atoms with van der Waals surface area (Å²) in [5.74, 6) is -0.246. The summed E-state index contributed by atoms with van der Waals surface area (Å²) in [4.78, 5) is 28.6. The molecule has 26 heavy (non-hydrogen) atoms. The van der Waals surface area contributed by atoms with Crippen molar-refractivity contribution in [1.82, 2.24) is 9.80 Å². The lowest BCUT2D eigenvalue weighted by molar-refractivity contribution is -0.150. The molecule has 1 amide bonds. The minimum atomic E-state index is -0.511. The van der Waals surface area contributed by atoms with Gasteiger partial charge in [0.1, 0.15) is 11.6 Å². The highest BCUT2D eigenvalue weighted by molar-refractivity contribution is 5.78. The number of carbonyl (C=O) groups is 2. The number of esters is 1. The van der Waals surface area contributed by atoms with Gasteiger partial charge in [-0.1, -0.05) is 29.8 Å². The maximum Gasteiger partial charge on any atom is 0.410 e. The van der Waals surface area contributed by atoms with Crippen molar-refractivity contribution in [1.29, 1.82) is 0 Å². The van der Waals surface area contributed by atoms with Gasteiger partial charge in [0.2, 0.25) is 0 Å². The quantitative estimate of drug-likeness (QED) is 0.770. The molecule has 6 heteroatoms. The SMILES string of the molecule is CCOC(=O)C(c1cccc(C)c1)N1CCN(C(=O)OC(C)(C)C)CC1. The van der Waals surface area contributed by atoms with Crippen LogP contribution < -0.4 is 0 Å². The van der Waals surface area contributed by atoms with E-state index in [1.165, 1.54) is 0 Å². The molecule has 0 bridgehead atoms. The lowest BCUT2D eigenvalue weighted by atomic mass is 10.0. The summed E-state index contributed by atoms with van der Waals surface area (Å²) in [6.45, 7) is 12.0. The zero-order chi connectivity index (χ0) is 19.3. The number of aryl methyl sites for hydroxylation is 1. The number of ether oxygens (including phenoxy) is 2. The van der Waals surface area contributed by atoms with Gasteiger partial charge in [-0.15, -0.1) is 0 Å². The van der Waals surface area contributed by atoms with Crippen LogP contribution in [-0.4, -0.2) is 60.2 Å². The molecule has 0 radical (unpaired) electrons. The van der Waals surface area contributed by atoms with Crippen molar-refractivity contribution in [3.63, 3.8) is 0 Å². The average Bonchev–Trinajstić information content (AvgIpc) is 2.54. The second kappa shape index (κ2) is 8.54. The topological polar surface area (TPSA) is 59.1 Å². The number of amides is 1. The molecule has 1 saturated heterocycles. The van der Waals surface area contributed by atoms with E-state index in [-0.39, 0.29) is 12.1 Å². The summed E-state index contributed by atoms with van der Waals surface area (Å²) in [6, 6.07) is 7.48. The van der Waals surface area contributed by atoms with Gasteiger partial charge in [0.05, 0.1) is 6.61 Å². The number of carbonyl (C=O) groups excluding carboxylic acids is 2. The standard InChI is InChI=1S/C20H30N2O4/c1-6-25-18(23)17(16-9-7-8-15(2)14-16)21-10-12-22(13-11-21)19(24)26-20(3,4)5/h7-9,14,17H,6,10-13H2,1-5H3. The van der Waals surface area contributed by atoms with Crippen LogP contribution in [0.4, 0.5) is 4.79 Å². The third kappa shape index (κ3) is 5.46. The first-order chi connectivity index (χ1) is 12.2. The van der Waals surface area contributed by atoms with Crippen LogP contribution in [0.1, 0.15) is 44.9 Å². The predicted molar refractivity (Wildman–Crippen MR) is 99.9 cm³/mol. The summed E-state index contributed by atoms with van der Waals surface area (Å²) in [7, 11) is 0. The van der Waals surface area contributed by atoms with Crippen LogP contribution in [-0.2, 0) is 14.3 Å². The Balaban J connectivity index is 2.09. The fourth-order valence-corrected chi connectivity index (χ4v) is 3.05. The van der Waals surface area contributed by atoms with Crippen molar-refractivity contribution >= 4 is 12.1 Å². The van der Waals surface area contributed by atoms with E-state index in [4.69, 9.17) is 9.47 Å². The number of rotatable bonds is 4. The van der Waals surface area contributed by atoms with Gasteiger partial charge in [-0.05, 0) is 40.2 Å².